The van der Waals surface area contributed by atoms with Crippen molar-refractivity contribution in [2.75, 3.05) is 6.54 Å². The smallest absolute Gasteiger partial charge is 0.408 e. The summed E-state index contributed by atoms with van der Waals surface area (Å²) in [4.78, 5) is 26.5. The van der Waals surface area contributed by atoms with Crippen LogP contribution in [0.25, 0.3) is 11.1 Å². The number of nitrogens with zero attached hydrogens (tertiary/aromatic N) is 3. The molecule has 2 aromatic heterocycles. The molecule has 0 radical (unpaired) electrons. The van der Waals surface area contributed by atoms with Crippen molar-refractivity contribution < 1.29 is 9.21 Å². The van der Waals surface area contributed by atoms with Gasteiger partial charge in [0.1, 0.15) is 0 Å². The standard InChI is InChI=1S/C17H18N4O3/c1-20-14-10-11(5-6-15(14)24-17(20)23)16(22)21-9-3-2-4-13(21)12-7-8-18-19-12/h5-8,10,13H,2-4,9H2,1H3,(H,18,19)/t13-/m0/s1. The third-order valence-corrected chi connectivity index (χ3v) is 4.68. The number of aromatic nitrogens is 3. The Morgan fingerprint density at radius 2 is 2.21 bits per heavy atom. The van der Waals surface area contributed by atoms with E-state index in [0.717, 1.165) is 25.0 Å². The predicted molar refractivity (Wildman–Crippen MR) is 87.7 cm³/mol. The summed E-state index contributed by atoms with van der Waals surface area (Å²) in [6.45, 7) is 0.713. The van der Waals surface area contributed by atoms with Crippen LogP contribution < -0.4 is 5.76 Å². The lowest BCUT2D eigenvalue weighted by Gasteiger charge is -2.35. The number of aryl methyl sites for hydroxylation is 1. The van der Waals surface area contributed by atoms with E-state index in [-0.39, 0.29) is 11.9 Å². The van der Waals surface area contributed by atoms with Crippen molar-refractivity contribution in [3.05, 3.63) is 52.3 Å². The third-order valence-electron chi connectivity index (χ3n) is 4.68. The first-order chi connectivity index (χ1) is 11.6. The number of likely N-dealkylation sites (tertiary alicyclic amines) is 1. The van der Waals surface area contributed by atoms with Crippen molar-refractivity contribution in [2.45, 2.75) is 25.3 Å². The second-order valence-corrected chi connectivity index (χ2v) is 6.13. The van der Waals surface area contributed by atoms with Gasteiger partial charge in [0.2, 0.25) is 0 Å². The Kier molecular flexibility index (Phi) is 3.48. The second-order valence-electron chi connectivity index (χ2n) is 6.13. The maximum Gasteiger partial charge on any atom is 0.419 e. The summed E-state index contributed by atoms with van der Waals surface area (Å²) in [6, 6.07) is 7.05. The van der Waals surface area contributed by atoms with E-state index in [1.807, 2.05) is 11.0 Å². The van der Waals surface area contributed by atoms with Crippen molar-refractivity contribution in [3.8, 4) is 0 Å². The van der Waals surface area contributed by atoms with E-state index in [1.165, 1.54) is 4.57 Å². The number of oxazole rings is 1. The fraction of sp³-hybridized carbons (Fsp3) is 0.353. The number of hydrogen-bond acceptors (Lipinski definition) is 4. The Labute approximate surface area is 137 Å². The van der Waals surface area contributed by atoms with E-state index in [4.69, 9.17) is 4.42 Å². The van der Waals surface area contributed by atoms with Crippen molar-refractivity contribution in [3.63, 3.8) is 0 Å². The van der Waals surface area contributed by atoms with Crippen LogP contribution >= 0.6 is 0 Å². The van der Waals surface area contributed by atoms with Crippen LogP contribution in [-0.2, 0) is 7.05 Å². The maximum absolute atomic E-state index is 13.0. The molecule has 4 rings (SSSR count). The quantitative estimate of drug-likeness (QED) is 0.782. The average Bonchev–Trinajstić information content (AvgIpc) is 3.23. The number of piperidine rings is 1. The Hall–Kier alpha value is -2.83. The summed E-state index contributed by atoms with van der Waals surface area (Å²) in [5.41, 5.74) is 2.63. The molecular formula is C17H18N4O3. The lowest BCUT2D eigenvalue weighted by molar-refractivity contribution is 0.0606. The van der Waals surface area contributed by atoms with Gasteiger partial charge in [0.05, 0.1) is 17.3 Å². The van der Waals surface area contributed by atoms with Crippen LogP contribution in [0.2, 0.25) is 0 Å². The highest BCUT2D eigenvalue weighted by Gasteiger charge is 2.29. The van der Waals surface area contributed by atoms with Gasteiger partial charge in [-0.15, -0.1) is 0 Å². The van der Waals surface area contributed by atoms with Gasteiger partial charge in [-0.3, -0.25) is 14.5 Å². The number of rotatable bonds is 2. The molecule has 124 valence electrons. The molecule has 24 heavy (non-hydrogen) atoms. The van der Waals surface area contributed by atoms with Gasteiger partial charge < -0.3 is 9.32 Å². The summed E-state index contributed by atoms with van der Waals surface area (Å²) in [6.07, 6.45) is 4.70. The van der Waals surface area contributed by atoms with Gasteiger partial charge in [-0.1, -0.05) is 0 Å². The van der Waals surface area contributed by atoms with E-state index < -0.39 is 5.76 Å². The summed E-state index contributed by atoms with van der Waals surface area (Å²) >= 11 is 0. The van der Waals surface area contributed by atoms with Gasteiger partial charge in [-0.05, 0) is 43.5 Å². The van der Waals surface area contributed by atoms with E-state index in [1.54, 1.807) is 31.4 Å². The first-order valence-electron chi connectivity index (χ1n) is 8.05. The molecule has 1 aliphatic heterocycles. The largest absolute Gasteiger partial charge is 0.419 e. The molecular weight excluding hydrogens is 308 g/mol. The molecule has 1 atom stereocenters. The highest BCUT2D eigenvalue weighted by Crippen LogP contribution is 2.31. The van der Waals surface area contributed by atoms with E-state index in [0.29, 0.717) is 23.2 Å². The lowest BCUT2D eigenvalue weighted by Crippen LogP contribution is -2.38. The lowest BCUT2D eigenvalue weighted by atomic mass is 9.98. The fourth-order valence-electron chi connectivity index (χ4n) is 3.38. The van der Waals surface area contributed by atoms with Crippen LogP contribution in [0, 0.1) is 0 Å². The van der Waals surface area contributed by atoms with E-state index in [9.17, 15) is 9.59 Å². The van der Waals surface area contributed by atoms with Crippen molar-refractivity contribution in [1.82, 2.24) is 19.7 Å². The van der Waals surface area contributed by atoms with Crippen molar-refractivity contribution in [2.24, 2.45) is 7.05 Å². The highest BCUT2D eigenvalue weighted by atomic mass is 16.4. The molecule has 3 aromatic rings. The van der Waals surface area contributed by atoms with Gasteiger partial charge >= 0.3 is 5.76 Å². The molecule has 0 saturated carbocycles. The molecule has 1 aromatic carbocycles. The predicted octanol–water partition coefficient (Wildman–Crippen LogP) is 2.22. The Bertz CT molecular complexity index is 939. The summed E-state index contributed by atoms with van der Waals surface area (Å²) in [5, 5.41) is 6.99. The van der Waals surface area contributed by atoms with Crippen LogP contribution in [0.4, 0.5) is 0 Å². The number of aromatic amines is 1. The molecule has 7 heteroatoms. The van der Waals surface area contributed by atoms with E-state index >= 15 is 0 Å². The highest BCUT2D eigenvalue weighted by molar-refractivity contribution is 5.97. The number of carbonyl (C=O) groups excluding carboxylic acids is 1. The Balaban J connectivity index is 1.71. The first kappa shape index (κ1) is 14.7. The number of hydrogen-bond donors (Lipinski definition) is 1. The molecule has 1 aliphatic rings. The number of carbonyl (C=O) groups is 1. The molecule has 7 nitrogen and oxygen atoms in total. The molecule has 3 heterocycles. The minimum absolute atomic E-state index is 0.0117. The van der Waals surface area contributed by atoms with Crippen LogP contribution in [-0.4, -0.2) is 32.1 Å². The minimum Gasteiger partial charge on any atom is -0.408 e. The van der Waals surface area contributed by atoms with Crippen LogP contribution in [0.3, 0.4) is 0 Å². The third kappa shape index (κ3) is 2.33. The fourth-order valence-corrected chi connectivity index (χ4v) is 3.38. The number of amides is 1. The molecule has 0 spiro atoms. The molecule has 1 saturated heterocycles. The van der Waals surface area contributed by atoms with Crippen molar-refractivity contribution >= 4 is 17.0 Å². The number of nitrogens with one attached hydrogen (secondary N) is 1. The van der Waals surface area contributed by atoms with Gasteiger partial charge in [0.25, 0.3) is 5.91 Å². The molecule has 1 N–H and O–H groups in total. The van der Waals surface area contributed by atoms with Crippen LogP contribution in [0.1, 0.15) is 41.4 Å². The van der Waals surface area contributed by atoms with Crippen molar-refractivity contribution in [1.29, 1.82) is 0 Å². The van der Waals surface area contributed by atoms with Crippen LogP contribution in [0.15, 0.2) is 39.7 Å². The summed E-state index contributed by atoms with van der Waals surface area (Å²) in [5.74, 6) is -0.465. The Morgan fingerprint density at radius 3 is 3.00 bits per heavy atom. The summed E-state index contributed by atoms with van der Waals surface area (Å²) < 4.78 is 6.54. The number of fused-ring (bicyclic) bond motifs is 1. The average molecular weight is 326 g/mol. The zero-order valence-electron chi connectivity index (χ0n) is 13.4. The normalized spacial score (nSPS) is 18.2. The first-order valence-corrected chi connectivity index (χ1v) is 8.05. The zero-order valence-corrected chi connectivity index (χ0v) is 13.4. The SMILES string of the molecule is Cn1c(=O)oc2ccc(C(=O)N3CCCC[C@H]3c3ccn[nH]3)cc21. The van der Waals surface area contributed by atoms with Gasteiger partial charge in [-0.25, -0.2) is 4.79 Å². The molecule has 1 fully saturated rings. The van der Waals surface area contributed by atoms with Crippen LogP contribution in [0.5, 0.6) is 0 Å². The topological polar surface area (TPSA) is 84.1 Å². The number of H-pyrrole nitrogens is 1. The molecule has 0 aliphatic carbocycles. The summed E-state index contributed by atoms with van der Waals surface area (Å²) in [7, 11) is 1.64. The zero-order chi connectivity index (χ0) is 16.7. The molecule has 0 unspecified atom stereocenters. The van der Waals surface area contributed by atoms with Gasteiger partial charge in [0, 0.05) is 25.4 Å². The molecule has 1 amide bonds. The van der Waals surface area contributed by atoms with E-state index in [2.05, 4.69) is 10.2 Å². The van der Waals surface area contributed by atoms with Gasteiger partial charge in [-0.2, -0.15) is 5.10 Å². The maximum atomic E-state index is 13.0. The van der Waals surface area contributed by atoms with Gasteiger partial charge in [0.15, 0.2) is 5.58 Å². The number of benzene rings is 1. The second kappa shape index (κ2) is 5.67. The minimum atomic E-state index is -0.428. The Morgan fingerprint density at radius 1 is 1.33 bits per heavy atom. The monoisotopic (exact) mass is 326 g/mol. The molecule has 0 bridgehead atoms.